The smallest absolute Gasteiger partial charge is 0.394 e. The van der Waals surface area contributed by atoms with Gasteiger partial charge in [0, 0.05) is 0 Å². The summed E-state index contributed by atoms with van der Waals surface area (Å²) in [5, 5.41) is 66.3. The summed E-state index contributed by atoms with van der Waals surface area (Å²) in [6.07, 6.45) is -14.7. The van der Waals surface area contributed by atoms with Gasteiger partial charge < -0.3 is 50.3 Å². The second kappa shape index (κ2) is 8.25. The molecule has 8 atom stereocenters. The zero-order valence-corrected chi connectivity index (χ0v) is 12.6. The minimum absolute atomic E-state index is 0.715. The summed E-state index contributed by atoms with van der Waals surface area (Å²) in [4.78, 5) is 17.7. The van der Waals surface area contributed by atoms with Crippen molar-refractivity contribution < 1.29 is 59.4 Å². The van der Waals surface area contributed by atoms with Crippen molar-refractivity contribution in [3.05, 3.63) is 0 Å². The molecule has 12 nitrogen and oxygen atoms in total. The Morgan fingerprint density at radius 2 is 1.65 bits per heavy atom. The van der Waals surface area contributed by atoms with Crippen LogP contribution in [0.2, 0.25) is 0 Å². The Morgan fingerprint density at radius 3 is 2.04 bits per heavy atom. The normalized spacial score (nSPS) is 34.1. The molecule has 1 rings (SSSR count). The van der Waals surface area contributed by atoms with E-state index < -0.39 is 69.9 Å². The van der Waals surface area contributed by atoms with Crippen LogP contribution < -0.4 is 0 Å². The van der Waals surface area contributed by atoms with Crippen LogP contribution in [0.3, 0.4) is 0 Å². The number of aliphatic hydroxyl groups excluding tert-OH is 7. The Labute approximate surface area is 130 Å². The Hall–Kier alpha value is -0.210. The molecule has 5 unspecified atom stereocenters. The summed E-state index contributed by atoms with van der Waals surface area (Å²) in [5.41, 5.74) is 0. The van der Waals surface area contributed by atoms with Crippen LogP contribution in [0.25, 0.3) is 0 Å². The molecule has 13 heteroatoms. The highest BCUT2D eigenvalue weighted by Crippen LogP contribution is 2.40. The predicted octanol–water partition coefficient (Wildman–Crippen LogP) is -4.98. The summed E-state index contributed by atoms with van der Waals surface area (Å²) in [6.45, 7) is -1.72. The number of rotatable bonds is 8. The molecule has 1 aliphatic rings. The molecule has 0 aromatic carbocycles. The van der Waals surface area contributed by atoms with Crippen molar-refractivity contribution in [2.75, 3.05) is 13.2 Å². The maximum atomic E-state index is 11.0. The first kappa shape index (κ1) is 20.8. The third kappa shape index (κ3) is 5.13. The molecule has 1 saturated heterocycles. The second-order valence-electron chi connectivity index (χ2n) is 5.09. The van der Waals surface area contributed by atoms with E-state index in [4.69, 9.17) is 24.7 Å². The molecule has 0 spiro atoms. The average molecular weight is 364 g/mol. The topological polar surface area (TPSA) is 218 Å². The van der Waals surface area contributed by atoms with Crippen molar-refractivity contribution in [3.63, 3.8) is 0 Å². The van der Waals surface area contributed by atoms with Gasteiger partial charge in [0.25, 0.3) is 0 Å². The Balaban J connectivity index is 2.99. The fourth-order valence-corrected chi connectivity index (χ4v) is 2.78. The van der Waals surface area contributed by atoms with E-state index in [9.17, 15) is 30.1 Å². The zero-order chi connectivity index (χ0) is 17.9. The molecular weight excluding hydrogens is 343 g/mol. The van der Waals surface area contributed by atoms with E-state index in [1.165, 1.54) is 0 Å². The van der Waals surface area contributed by atoms with Crippen LogP contribution in [-0.4, -0.2) is 108 Å². The highest BCUT2D eigenvalue weighted by atomic mass is 31.2. The van der Waals surface area contributed by atoms with Crippen molar-refractivity contribution in [1.82, 2.24) is 0 Å². The molecule has 0 radical (unpaired) electrons. The van der Waals surface area contributed by atoms with Crippen molar-refractivity contribution in [3.8, 4) is 0 Å². The Bertz CT molecular complexity index is 415. The first-order chi connectivity index (χ1) is 10.5. The van der Waals surface area contributed by atoms with Gasteiger partial charge in [-0.3, -0.25) is 4.52 Å². The average Bonchev–Trinajstić information content (AvgIpc) is 2.77. The summed E-state index contributed by atoms with van der Waals surface area (Å²) < 4.78 is 20.1. The molecule has 0 saturated carbocycles. The van der Waals surface area contributed by atoms with Crippen LogP contribution in [0.5, 0.6) is 0 Å². The van der Waals surface area contributed by atoms with E-state index in [0.29, 0.717) is 0 Å². The summed E-state index contributed by atoms with van der Waals surface area (Å²) in [7, 11) is -5.24. The van der Waals surface area contributed by atoms with Crippen LogP contribution in [0.15, 0.2) is 0 Å². The highest BCUT2D eigenvalue weighted by molar-refractivity contribution is 7.46. The third-order valence-corrected chi connectivity index (χ3v) is 3.95. The van der Waals surface area contributed by atoms with E-state index >= 15 is 0 Å². The molecule has 1 aliphatic heterocycles. The minimum atomic E-state index is -5.24. The van der Waals surface area contributed by atoms with Gasteiger partial charge >= 0.3 is 7.82 Å². The fourth-order valence-electron chi connectivity index (χ4n) is 2.21. The summed E-state index contributed by atoms with van der Waals surface area (Å²) in [6, 6.07) is 0. The molecule has 0 aromatic heterocycles. The molecule has 9 N–H and O–H groups in total. The number of hydrogen-bond acceptors (Lipinski definition) is 10. The van der Waals surface area contributed by atoms with Gasteiger partial charge in [-0.25, -0.2) is 4.57 Å². The van der Waals surface area contributed by atoms with E-state index in [1.54, 1.807) is 0 Å². The van der Waals surface area contributed by atoms with Crippen molar-refractivity contribution in [1.29, 1.82) is 0 Å². The standard InChI is InChI=1S/C10H21O12P/c11-1-3(13)5(14)10(22-23(18,19)20)8(17)9-7(16)6(15)4(2-12)21-9/h3-17H,1-2H2,(H2,18,19,20)/t3?,4-,5?,6-,7-,8?,9?,10?/m1/s1. The van der Waals surface area contributed by atoms with E-state index in [-0.39, 0.29) is 0 Å². The lowest BCUT2D eigenvalue weighted by atomic mass is 9.95. The lowest BCUT2D eigenvalue weighted by Gasteiger charge is -2.33. The Kier molecular flexibility index (Phi) is 7.47. The van der Waals surface area contributed by atoms with Gasteiger partial charge in [0.1, 0.15) is 48.8 Å². The van der Waals surface area contributed by atoms with E-state index in [0.717, 1.165) is 0 Å². The first-order valence-corrected chi connectivity index (χ1v) is 8.08. The van der Waals surface area contributed by atoms with Gasteiger partial charge in [0.2, 0.25) is 0 Å². The maximum absolute atomic E-state index is 11.0. The van der Waals surface area contributed by atoms with Gasteiger partial charge in [-0.05, 0) is 0 Å². The third-order valence-electron chi connectivity index (χ3n) is 3.43. The van der Waals surface area contributed by atoms with Gasteiger partial charge in [0.05, 0.1) is 13.2 Å². The minimum Gasteiger partial charge on any atom is -0.394 e. The predicted molar refractivity (Wildman–Crippen MR) is 69.8 cm³/mol. The van der Waals surface area contributed by atoms with Gasteiger partial charge in [0.15, 0.2) is 0 Å². The first-order valence-electron chi connectivity index (χ1n) is 6.55. The SMILES string of the molecule is O=P(O)(O)OC(C(O)C(O)CO)C(O)C1O[C@H](CO)[C@@H](O)[C@H]1O. The van der Waals surface area contributed by atoms with E-state index in [1.807, 2.05) is 0 Å². The zero-order valence-electron chi connectivity index (χ0n) is 11.7. The van der Waals surface area contributed by atoms with Crippen LogP contribution >= 0.6 is 7.82 Å². The number of phosphoric ester groups is 1. The lowest BCUT2D eigenvalue weighted by Crippen LogP contribution is -2.53. The maximum Gasteiger partial charge on any atom is 0.470 e. The quantitative estimate of drug-likeness (QED) is 0.185. The molecule has 138 valence electrons. The molecular formula is C10H21O12P. The number of ether oxygens (including phenoxy) is 1. The van der Waals surface area contributed by atoms with Gasteiger partial charge in [-0.15, -0.1) is 0 Å². The van der Waals surface area contributed by atoms with Crippen LogP contribution in [0.4, 0.5) is 0 Å². The van der Waals surface area contributed by atoms with Gasteiger partial charge in [-0.2, -0.15) is 0 Å². The molecule has 0 bridgehead atoms. The lowest BCUT2D eigenvalue weighted by molar-refractivity contribution is -0.156. The molecule has 0 aliphatic carbocycles. The van der Waals surface area contributed by atoms with Crippen LogP contribution in [-0.2, 0) is 13.8 Å². The van der Waals surface area contributed by atoms with Crippen molar-refractivity contribution in [2.45, 2.75) is 48.8 Å². The molecule has 23 heavy (non-hydrogen) atoms. The summed E-state index contributed by atoms with van der Waals surface area (Å²) in [5.74, 6) is 0. The van der Waals surface area contributed by atoms with E-state index in [2.05, 4.69) is 4.52 Å². The highest BCUT2D eigenvalue weighted by Gasteiger charge is 2.50. The van der Waals surface area contributed by atoms with Crippen molar-refractivity contribution >= 4 is 7.82 Å². The molecule has 0 aromatic rings. The monoisotopic (exact) mass is 364 g/mol. The Morgan fingerprint density at radius 1 is 1.09 bits per heavy atom. The largest absolute Gasteiger partial charge is 0.470 e. The van der Waals surface area contributed by atoms with Crippen LogP contribution in [0, 0.1) is 0 Å². The number of hydrogen-bond donors (Lipinski definition) is 9. The number of aliphatic hydroxyl groups is 7. The van der Waals surface area contributed by atoms with Crippen molar-refractivity contribution in [2.24, 2.45) is 0 Å². The summed E-state index contributed by atoms with van der Waals surface area (Å²) >= 11 is 0. The molecule has 1 fully saturated rings. The van der Waals surface area contributed by atoms with Crippen LogP contribution in [0.1, 0.15) is 0 Å². The number of phosphoric acid groups is 1. The fraction of sp³-hybridized carbons (Fsp3) is 1.00. The molecule has 1 heterocycles. The molecule has 0 amide bonds. The second-order valence-corrected chi connectivity index (χ2v) is 6.29. The van der Waals surface area contributed by atoms with Gasteiger partial charge in [-0.1, -0.05) is 0 Å².